The summed E-state index contributed by atoms with van der Waals surface area (Å²) in [6.07, 6.45) is 2.07. The number of amides is 1. The van der Waals surface area contributed by atoms with Crippen LogP contribution in [0.3, 0.4) is 0 Å². The molecule has 7 heteroatoms. The minimum Gasteiger partial charge on any atom is -0.462 e. The van der Waals surface area contributed by atoms with E-state index in [1.807, 2.05) is 0 Å². The fraction of sp³-hybridized carbons (Fsp3) is 0.385. The van der Waals surface area contributed by atoms with E-state index in [4.69, 9.17) is 5.73 Å². The molecule has 1 aliphatic rings. The number of halogens is 2. The van der Waals surface area contributed by atoms with Crippen LogP contribution in [-0.2, 0) is 14.3 Å². The molecule has 0 saturated carbocycles. The van der Waals surface area contributed by atoms with Gasteiger partial charge in [0.05, 0.1) is 6.61 Å². The predicted octanol–water partition coefficient (Wildman–Crippen LogP) is 1.03. The van der Waals surface area contributed by atoms with Crippen LogP contribution in [0.2, 0.25) is 0 Å². The van der Waals surface area contributed by atoms with Crippen LogP contribution in [0.5, 0.6) is 0 Å². The third kappa shape index (κ3) is 4.49. The monoisotopic (exact) mass is 286 g/mol. The van der Waals surface area contributed by atoms with Gasteiger partial charge in [-0.3, -0.25) is 4.79 Å². The van der Waals surface area contributed by atoms with Gasteiger partial charge in [0.1, 0.15) is 11.4 Å². The fourth-order valence-electron chi connectivity index (χ4n) is 1.53. The number of esters is 1. The molecule has 0 aromatic carbocycles. The molecular weight excluding hydrogens is 270 g/mol. The van der Waals surface area contributed by atoms with Crippen LogP contribution in [0, 0.1) is 0 Å². The Bertz CT molecular complexity index is 484. The topological polar surface area (TPSA) is 81.4 Å². The summed E-state index contributed by atoms with van der Waals surface area (Å²) in [4.78, 5) is 22.5. The molecule has 1 rings (SSSR count). The number of carbonyl (C=O) groups excluding carboxylic acids is 2. The maximum absolute atomic E-state index is 13.0. The van der Waals surface area contributed by atoms with Crippen LogP contribution in [0.15, 0.2) is 35.3 Å². The van der Waals surface area contributed by atoms with Crippen molar-refractivity contribution in [2.45, 2.75) is 19.5 Å². The SMILES string of the molecule is CCOC(=O)/C(=C/NCC1=CCC(F)C(F)=C1)C(N)=O. The molecule has 0 spiro atoms. The molecule has 0 aromatic heterocycles. The zero-order valence-electron chi connectivity index (χ0n) is 11.0. The highest BCUT2D eigenvalue weighted by Gasteiger charge is 2.18. The first kappa shape index (κ1) is 15.9. The van der Waals surface area contributed by atoms with Gasteiger partial charge in [-0.15, -0.1) is 0 Å². The number of nitrogens with one attached hydrogen (secondary N) is 1. The molecule has 0 aromatic rings. The Morgan fingerprint density at radius 2 is 2.30 bits per heavy atom. The maximum atomic E-state index is 13.0. The normalized spacial score (nSPS) is 18.9. The number of primary amides is 1. The van der Waals surface area contributed by atoms with Gasteiger partial charge >= 0.3 is 5.97 Å². The molecule has 0 heterocycles. The molecule has 1 amide bonds. The first-order valence-electron chi connectivity index (χ1n) is 6.06. The third-order valence-electron chi connectivity index (χ3n) is 2.52. The standard InChI is InChI=1S/C13H16F2N2O3/c1-2-20-13(19)9(12(16)18)7-17-6-8-3-4-10(14)11(15)5-8/h3,5,7,10,17H,2,4,6H2,1H3,(H2,16,18)/b9-7+. The summed E-state index contributed by atoms with van der Waals surface area (Å²) in [5, 5.41) is 2.65. The van der Waals surface area contributed by atoms with Gasteiger partial charge in [-0.1, -0.05) is 6.08 Å². The molecule has 0 bridgehead atoms. The molecule has 5 nitrogen and oxygen atoms in total. The van der Waals surface area contributed by atoms with Crippen molar-refractivity contribution < 1.29 is 23.1 Å². The Kier molecular flexibility index (Phi) is 5.89. The predicted molar refractivity (Wildman–Crippen MR) is 68.7 cm³/mol. The first-order chi connectivity index (χ1) is 9.45. The summed E-state index contributed by atoms with van der Waals surface area (Å²) in [7, 11) is 0. The lowest BCUT2D eigenvalue weighted by atomic mass is 10.1. The summed E-state index contributed by atoms with van der Waals surface area (Å²) in [6.45, 7) is 1.84. The van der Waals surface area contributed by atoms with Crippen molar-refractivity contribution in [2.24, 2.45) is 5.73 Å². The largest absolute Gasteiger partial charge is 0.462 e. The zero-order chi connectivity index (χ0) is 15.1. The molecule has 1 unspecified atom stereocenters. The Labute approximate surface area is 115 Å². The van der Waals surface area contributed by atoms with Gasteiger partial charge in [0, 0.05) is 19.2 Å². The molecular formula is C13H16F2N2O3. The Morgan fingerprint density at radius 3 is 2.85 bits per heavy atom. The maximum Gasteiger partial charge on any atom is 0.345 e. The number of allylic oxidation sites excluding steroid dienone is 2. The van der Waals surface area contributed by atoms with Crippen LogP contribution in [-0.4, -0.2) is 31.2 Å². The summed E-state index contributed by atoms with van der Waals surface area (Å²) >= 11 is 0. The average molecular weight is 286 g/mol. The Balaban J connectivity index is 2.62. The van der Waals surface area contributed by atoms with Gasteiger partial charge in [-0.25, -0.2) is 13.6 Å². The first-order valence-corrected chi connectivity index (χ1v) is 6.06. The van der Waals surface area contributed by atoms with Gasteiger partial charge in [-0.05, 0) is 18.6 Å². The lowest BCUT2D eigenvalue weighted by molar-refractivity contribution is -0.139. The number of ether oxygens (including phenoxy) is 1. The summed E-state index contributed by atoms with van der Waals surface area (Å²) in [6, 6.07) is 0. The zero-order valence-corrected chi connectivity index (χ0v) is 11.0. The summed E-state index contributed by atoms with van der Waals surface area (Å²) in [5.74, 6) is -2.61. The van der Waals surface area contributed by atoms with E-state index < -0.39 is 23.9 Å². The second kappa shape index (κ2) is 7.42. The molecule has 0 fully saturated rings. The smallest absolute Gasteiger partial charge is 0.345 e. The number of nitrogens with two attached hydrogens (primary N) is 1. The second-order valence-electron chi connectivity index (χ2n) is 4.04. The van der Waals surface area contributed by atoms with Crippen molar-refractivity contribution in [2.75, 3.05) is 13.2 Å². The quantitative estimate of drug-likeness (QED) is 0.331. The van der Waals surface area contributed by atoms with Gasteiger partial charge < -0.3 is 15.8 Å². The van der Waals surface area contributed by atoms with Crippen molar-refractivity contribution in [3.8, 4) is 0 Å². The lowest BCUT2D eigenvalue weighted by Crippen LogP contribution is -2.25. The second-order valence-corrected chi connectivity index (χ2v) is 4.04. The molecule has 1 atom stereocenters. The number of hydrogen-bond donors (Lipinski definition) is 2. The van der Waals surface area contributed by atoms with Crippen LogP contribution in [0.25, 0.3) is 0 Å². The number of rotatable bonds is 6. The van der Waals surface area contributed by atoms with E-state index in [1.54, 1.807) is 6.92 Å². The van der Waals surface area contributed by atoms with E-state index in [1.165, 1.54) is 6.08 Å². The van der Waals surface area contributed by atoms with Crippen LogP contribution in [0.4, 0.5) is 8.78 Å². The van der Waals surface area contributed by atoms with E-state index in [2.05, 4.69) is 10.1 Å². The molecule has 20 heavy (non-hydrogen) atoms. The highest BCUT2D eigenvalue weighted by atomic mass is 19.2. The van der Waals surface area contributed by atoms with Crippen molar-refractivity contribution in [1.82, 2.24) is 5.32 Å². The van der Waals surface area contributed by atoms with Crippen LogP contribution in [0.1, 0.15) is 13.3 Å². The van der Waals surface area contributed by atoms with Crippen molar-refractivity contribution in [1.29, 1.82) is 0 Å². The molecule has 0 radical (unpaired) electrons. The van der Waals surface area contributed by atoms with Gasteiger partial charge in [0.15, 0.2) is 6.17 Å². The highest BCUT2D eigenvalue weighted by molar-refractivity contribution is 6.15. The molecule has 0 saturated heterocycles. The number of alkyl halides is 1. The highest BCUT2D eigenvalue weighted by Crippen LogP contribution is 2.21. The van der Waals surface area contributed by atoms with Crippen LogP contribution >= 0.6 is 0 Å². The van der Waals surface area contributed by atoms with Crippen molar-refractivity contribution in [3.63, 3.8) is 0 Å². The molecule has 110 valence electrons. The van der Waals surface area contributed by atoms with E-state index in [-0.39, 0.29) is 25.1 Å². The molecule has 1 aliphatic carbocycles. The van der Waals surface area contributed by atoms with Gasteiger partial charge in [0.2, 0.25) is 0 Å². The molecule has 0 aliphatic heterocycles. The lowest BCUT2D eigenvalue weighted by Gasteiger charge is -2.12. The van der Waals surface area contributed by atoms with Crippen LogP contribution < -0.4 is 11.1 Å². The average Bonchev–Trinajstić information content (AvgIpc) is 2.38. The Hall–Kier alpha value is -2.18. The van der Waals surface area contributed by atoms with E-state index in [0.29, 0.717) is 5.57 Å². The minimum absolute atomic E-state index is 0.0381. The fourth-order valence-corrected chi connectivity index (χ4v) is 1.53. The number of carbonyl (C=O) groups is 2. The summed E-state index contributed by atoms with van der Waals surface area (Å²) in [5.41, 5.74) is 5.22. The Morgan fingerprint density at radius 1 is 1.60 bits per heavy atom. The third-order valence-corrected chi connectivity index (χ3v) is 2.52. The number of hydrogen-bond acceptors (Lipinski definition) is 4. The van der Waals surface area contributed by atoms with E-state index >= 15 is 0 Å². The van der Waals surface area contributed by atoms with Gasteiger partial charge in [-0.2, -0.15) is 0 Å². The van der Waals surface area contributed by atoms with E-state index in [0.717, 1.165) is 12.3 Å². The van der Waals surface area contributed by atoms with E-state index in [9.17, 15) is 18.4 Å². The minimum atomic E-state index is -1.60. The van der Waals surface area contributed by atoms with Gasteiger partial charge in [0.25, 0.3) is 5.91 Å². The molecule has 3 N–H and O–H groups in total. The van der Waals surface area contributed by atoms with Crippen molar-refractivity contribution >= 4 is 11.9 Å². The van der Waals surface area contributed by atoms with Crippen molar-refractivity contribution in [3.05, 3.63) is 35.3 Å². The summed E-state index contributed by atoms with van der Waals surface area (Å²) < 4.78 is 30.5.